The van der Waals surface area contributed by atoms with E-state index in [9.17, 15) is 4.79 Å². The van der Waals surface area contributed by atoms with Gasteiger partial charge in [-0.3, -0.25) is 4.79 Å². The second-order valence-corrected chi connectivity index (χ2v) is 6.21. The number of hydrogen-bond acceptors (Lipinski definition) is 3. The molecular formula is C17H16O2S. The van der Waals surface area contributed by atoms with Gasteiger partial charge < -0.3 is 4.74 Å². The highest BCUT2D eigenvalue weighted by atomic mass is 32.2. The minimum Gasteiger partial charge on any atom is -0.456 e. The van der Waals surface area contributed by atoms with Gasteiger partial charge in [-0.1, -0.05) is 42.5 Å². The molecule has 0 radical (unpaired) electrons. The van der Waals surface area contributed by atoms with Crippen molar-refractivity contribution in [1.82, 2.24) is 0 Å². The summed E-state index contributed by atoms with van der Waals surface area (Å²) in [5.41, 5.74) is 2.43. The third kappa shape index (κ3) is 2.73. The predicted molar refractivity (Wildman–Crippen MR) is 80.7 cm³/mol. The van der Waals surface area contributed by atoms with Crippen molar-refractivity contribution in [2.24, 2.45) is 0 Å². The van der Waals surface area contributed by atoms with Gasteiger partial charge in [0.25, 0.3) is 0 Å². The molecule has 0 saturated carbocycles. The highest BCUT2D eigenvalue weighted by Gasteiger charge is 2.35. The number of ether oxygens (including phenoxy) is 1. The van der Waals surface area contributed by atoms with E-state index in [2.05, 4.69) is 24.3 Å². The van der Waals surface area contributed by atoms with E-state index >= 15 is 0 Å². The first-order chi connectivity index (χ1) is 9.74. The van der Waals surface area contributed by atoms with Gasteiger partial charge in [-0.15, -0.1) is 11.8 Å². The second-order valence-electron chi connectivity index (χ2n) is 4.90. The van der Waals surface area contributed by atoms with Gasteiger partial charge in [0.05, 0.1) is 5.25 Å². The molecular weight excluding hydrogens is 268 g/mol. The van der Waals surface area contributed by atoms with Crippen molar-refractivity contribution in [3.05, 3.63) is 65.7 Å². The van der Waals surface area contributed by atoms with Gasteiger partial charge in [-0.25, -0.2) is 0 Å². The molecule has 0 saturated heterocycles. The van der Waals surface area contributed by atoms with E-state index in [1.54, 1.807) is 11.8 Å². The lowest BCUT2D eigenvalue weighted by Gasteiger charge is -2.20. The maximum atomic E-state index is 11.4. The summed E-state index contributed by atoms with van der Waals surface area (Å²) in [6.07, 6.45) is 0.794. The van der Waals surface area contributed by atoms with Gasteiger partial charge >= 0.3 is 5.97 Å². The van der Waals surface area contributed by atoms with Crippen molar-refractivity contribution in [3.63, 3.8) is 0 Å². The summed E-state index contributed by atoms with van der Waals surface area (Å²) >= 11 is 1.78. The summed E-state index contributed by atoms with van der Waals surface area (Å²) in [5, 5.41) is 0.249. The van der Waals surface area contributed by atoms with Crippen LogP contribution in [0.4, 0.5) is 0 Å². The molecule has 0 fully saturated rings. The maximum Gasteiger partial charge on any atom is 0.303 e. The van der Waals surface area contributed by atoms with E-state index in [-0.39, 0.29) is 17.3 Å². The van der Waals surface area contributed by atoms with E-state index in [0.29, 0.717) is 0 Å². The zero-order valence-corrected chi connectivity index (χ0v) is 12.1. The fraction of sp³-hybridized carbons (Fsp3) is 0.235. The van der Waals surface area contributed by atoms with Gasteiger partial charge in [0.15, 0.2) is 0 Å². The van der Waals surface area contributed by atoms with E-state index in [4.69, 9.17) is 4.74 Å². The van der Waals surface area contributed by atoms with Crippen LogP contribution in [0.1, 0.15) is 24.2 Å². The van der Waals surface area contributed by atoms with Crippen LogP contribution in [0, 0.1) is 0 Å². The van der Waals surface area contributed by atoms with Crippen molar-refractivity contribution in [2.75, 3.05) is 0 Å². The summed E-state index contributed by atoms with van der Waals surface area (Å²) < 4.78 is 5.56. The van der Waals surface area contributed by atoms with Crippen LogP contribution in [0.5, 0.6) is 0 Å². The number of carbonyl (C=O) groups excluding carboxylic acids is 1. The lowest BCUT2D eigenvalue weighted by Crippen LogP contribution is -2.16. The molecule has 2 aromatic rings. The first-order valence-electron chi connectivity index (χ1n) is 6.71. The third-order valence-electron chi connectivity index (χ3n) is 3.44. The highest BCUT2D eigenvalue weighted by molar-refractivity contribution is 8.00. The molecule has 0 spiro atoms. The lowest BCUT2D eigenvalue weighted by atomic mass is 10.1. The number of esters is 1. The number of fused-ring (bicyclic) bond motifs is 1. The van der Waals surface area contributed by atoms with Crippen LogP contribution in [-0.4, -0.2) is 11.2 Å². The second kappa shape index (κ2) is 5.71. The van der Waals surface area contributed by atoms with Crippen molar-refractivity contribution in [2.45, 2.75) is 29.6 Å². The minimum atomic E-state index is -0.217. The van der Waals surface area contributed by atoms with E-state index in [1.165, 1.54) is 17.4 Å². The standard InChI is InChI=1S/C17H16O2S/c1-12(18)19-17-15-10-6-5-7-13(15)11-16(17)20-14-8-3-2-4-9-14/h2-10,16-17H,11H2,1H3/t16-,17-/m1/s1. The molecule has 0 amide bonds. The largest absolute Gasteiger partial charge is 0.456 e. The Labute approximate surface area is 123 Å². The molecule has 1 aliphatic rings. The minimum absolute atomic E-state index is 0.145. The fourth-order valence-corrected chi connectivity index (χ4v) is 3.87. The Morgan fingerprint density at radius 2 is 1.80 bits per heavy atom. The molecule has 1 aliphatic carbocycles. The number of hydrogen-bond donors (Lipinski definition) is 0. The monoisotopic (exact) mass is 284 g/mol. The molecule has 3 heteroatoms. The number of thioether (sulfide) groups is 1. The van der Waals surface area contributed by atoms with Gasteiger partial charge in [0, 0.05) is 11.8 Å². The first-order valence-corrected chi connectivity index (χ1v) is 7.59. The van der Waals surface area contributed by atoms with Crippen LogP contribution in [0.15, 0.2) is 59.5 Å². The van der Waals surface area contributed by atoms with Crippen LogP contribution in [0.25, 0.3) is 0 Å². The molecule has 2 atom stereocenters. The zero-order valence-electron chi connectivity index (χ0n) is 11.3. The zero-order chi connectivity index (χ0) is 13.9. The van der Waals surface area contributed by atoms with Crippen LogP contribution >= 0.6 is 11.8 Å². The molecule has 0 unspecified atom stereocenters. The van der Waals surface area contributed by atoms with Crippen LogP contribution in [0.2, 0.25) is 0 Å². The summed E-state index contributed by atoms with van der Waals surface area (Å²) in [6, 6.07) is 18.5. The van der Waals surface area contributed by atoms with E-state index < -0.39 is 0 Å². The quantitative estimate of drug-likeness (QED) is 0.797. The Hall–Kier alpha value is -1.74. The molecule has 0 N–H and O–H groups in total. The van der Waals surface area contributed by atoms with Gasteiger partial charge in [-0.05, 0) is 29.7 Å². The third-order valence-corrected chi connectivity index (χ3v) is 4.70. The Bertz CT molecular complexity index is 609. The Morgan fingerprint density at radius 3 is 2.55 bits per heavy atom. The average molecular weight is 284 g/mol. The lowest BCUT2D eigenvalue weighted by molar-refractivity contribution is -0.146. The molecule has 20 heavy (non-hydrogen) atoms. The predicted octanol–water partition coefficient (Wildman–Crippen LogP) is 4.01. The normalized spacial score (nSPS) is 20.4. The van der Waals surface area contributed by atoms with E-state index in [0.717, 1.165) is 12.0 Å². The number of carbonyl (C=O) groups is 1. The fourth-order valence-electron chi connectivity index (χ4n) is 2.62. The Balaban J connectivity index is 1.86. The summed E-state index contributed by atoms with van der Waals surface area (Å²) in [5.74, 6) is -0.217. The molecule has 2 aromatic carbocycles. The molecule has 0 aliphatic heterocycles. The molecule has 102 valence electrons. The maximum absolute atomic E-state index is 11.4. The summed E-state index contributed by atoms with van der Waals surface area (Å²) in [4.78, 5) is 12.6. The number of rotatable bonds is 3. The molecule has 0 aromatic heterocycles. The van der Waals surface area contributed by atoms with Crippen molar-refractivity contribution >= 4 is 17.7 Å². The number of benzene rings is 2. The van der Waals surface area contributed by atoms with Gasteiger partial charge in [-0.2, -0.15) is 0 Å². The molecule has 2 nitrogen and oxygen atoms in total. The first kappa shape index (κ1) is 13.3. The van der Waals surface area contributed by atoms with E-state index in [1.807, 2.05) is 30.3 Å². The Morgan fingerprint density at radius 1 is 1.10 bits per heavy atom. The molecule has 0 heterocycles. The highest BCUT2D eigenvalue weighted by Crippen LogP contribution is 2.43. The van der Waals surface area contributed by atoms with Crippen LogP contribution in [0.3, 0.4) is 0 Å². The van der Waals surface area contributed by atoms with Crippen LogP contribution in [-0.2, 0) is 16.0 Å². The van der Waals surface area contributed by atoms with Crippen molar-refractivity contribution in [1.29, 1.82) is 0 Å². The summed E-state index contributed by atoms with van der Waals surface area (Å²) in [6.45, 7) is 1.48. The van der Waals surface area contributed by atoms with Crippen molar-refractivity contribution < 1.29 is 9.53 Å². The molecule has 3 rings (SSSR count). The molecule has 0 bridgehead atoms. The average Bonchev–Trinajstić information content (AvgIpc) is 2.78. The van der Waals surface area contributed by atoms with Gasteiger partial charge in [0.1, 0.15) is 6.10 Å². The SMILES string of the molecule is CC(=O)O[C@@H]1c2ccccc2C[C@H]1Sc1ccccc1. The smallest absolute Gasteiger partial charge is 0.303 e. The van der Waals surface area contributed by atoms with Crippen molar-refractivity contribution in [3.8, 4) is 0 Å². The topological polar surface area (TPSA) is 26.3 Å². The summed E-state index contributed by atoms with van der Waals surface area (Å²) in [7, 11) is 0. The van der Waals surface area contributed by atoms with Gasteiger partial charge in [0.2, 0.25) is 0 Å². The Kier molecular flexibility index (Phi) is 3.79. The van der Waals surface area contributed by atoms with Crippen LogP contribution < -0.4 is 0 Å².